The summed E-state index contributed by atoms with van der Waals surface area (Å²) in [6, 6.07) is 5.44. The van der Waals surface area contributed by atoms with E-state index in [0.29, 0.717) is 5.56 Å². The summed E-state index contributed by atoms with van der Waals surface area (Å²) in [5, 5.41) is 8.51. The number of rotatable bonds is 3. The molecule has 0 aromatic heterocycles. The molecule has 78 valence electrons. The van der Waals surface area contributed by atoms with Crippen molar-refractivity contribution in [2.24, 2.45) is 0 Å². The van der Waals surface area contributed by atoms with Crippen LogP contribution in [0.5, 0.6) is 0 Å². The zero-order chi connectivity index (χ0) is 10.8. The molecule has 1 N–H and O–H groups in total. The molecule has 0 saturated heterocycles. The molecule has 1 aliphatic rings. The highest BCUT2D eigenvalue weighted by atomic mass is 32.2. The van der Waals surface area contributed by atoms with E-state index in [2.05, 4.69) is 0 Å². The van der Waals surface area contributed by atoms with Gasteiger partial charge in [-0.15, -0.1) is 11.8 Å². The Hall–Kier alpha value is -1.29. The van der Waals surface area contributed by atoms with Gasteiger partial charge in [0, 0.05) is 16.2 Å². The van der Waals surface area contributed by atoms with Crippen LogP contribution in [-0.2, 0) is 11.2 Å². The summed E-state index contributed by atoms with van der Waals surface area (Å²) in [5.74, 6) is -0.344. The molecule has 3 nitrogen and oxygen atoms in total. The number of Topliss-reactive ketones (excluding diaryl/α,β-unsaturated/α-hetero) is 1. The number of aliphatic carboxylic acids is 1. The Labute approximate surface area is 91.5 Å². The lowest BCUT2D eigenvalue weighted by Gasteiger charge is -2.01. The summed E-state index contributed by atoms with van der Waals surface area (Å²) >= 11 is 1.77. The van der Waals surface area contributed by atoms with Gasteiger partial charge in [-0.3, -0.25) is 9.59 Å². The summed E-state index contributed by atoms with van der Waals surface area (Å²) in [7, 11) is 0. The number of thioether (sulfide) groups is 1. The summed E-state index contributed by atoms with van der Waals surface area (Å²) < 4.78 is 0. The number of aryl methyl sites for hydroxylation is 1. The molecule has 1 aromatic rings. The van der Waals surface area contributed by atoms with Gasteiger partial charge in [-0.2, -0.15) is 0 Å². The number of benzene rings is 1. The van der Waals surface area contributed by atoms with Crippen LogP contribution in [0.15, 0.2) is 23.1 Å². The minimum atomic E-state index is -1.07. The van der Waals surface area contributed by atoms with Crippen LogP contribution >= 0.6 is 11.8 Å². The standard InChI is InChI=1S/C11H10O3S/c12-9(6-11(13)14)7-1-2-10-8(5-7)3-4-15-10/h1-2,5H,3-4,6H2,(H,13,14). The van der Waals surface area contributed by atoms with Crippen molar-refractivity contribution in [2.75, 3.05) is 5.75 Å². The fourth-order valence-corrected chi connectivity index (χ4v) is 2.65. The number of hydrogen-bond acceptors (Lipinski definition) is 3. The van der Waals surface area contributed by atoms with E-state index in [1.54, 1.807) is 17.8 Å². The lowest BCUT2D eigenvalue weighted by atomic mass is 10.0. The third kappa shape index (κ3) is 2.21. The molecule has 0 saturated carbocycles. The van der Waals surface area contributed by atoms with Gasteiger partial charge in [0.1, 0.15) is 6.42 Å². The third-order valence-corrected chi connectivity index (χ3v) is 3.44. The number of carboxylic acids is 1. The minimum absolute atomic E-state index is 0.317. The van der Waals surface area contributed by atoms with E-state index >= 15 is 0 Å². The zero-order valence-corrected chi connectivity index (χ0v) is 8.84. The summed E-state index contributed by atoms with van der Waals surface area (Å²) in [6.45, 7) is 0. The maximum absolute atomic E-state index is 11.5. The van der Waals surface area contributed by atoms with Crippen LogP contribution in [0.25, 0.3) is 0 Å². The molecule has 15 heavy (non-hydrogen) atoms. The first-order valence-electron chi connectivity index (χ1n) is 4.67. The van der Waals surface area contributed by atoms with E-state index in [4.69, 9.17) is 5.11 Å². The Morgan fingerprint density at radius 2 is 2.20 bits per heavy atom. The van der Waals surface area contributed by atoms with E-state index in [1.165, 1.54) is 4.90 Å². The van der Waals surface area contributed by atoms with Crippen LogP contribution in [0.3, 0.4) is 0 Å². The molecule has 2 rings (SSSR count). The van der Waals surface area contributed by atoms with E-state index in [9.17, 15) is 9.59 Å². The molecule has 0 aliphatic carbocycles. The fourth-order valence-electron chi connectivity index (χ4n) is 1.60. The number of fused-ring (bicyclic) bond motifs is 1. The maximum Gasteiger partial charge on any atom is 0.311 e. The number of carboxylic acid groups (broad SMARTS) is 1. The van der Waals surface area contributed by atoms with Gasteiger partial charge in [0.25, 0.3) is 0 Å². The van der Waals surface area contributed by atoms with Gasteiger partial charge in [-0.05, 0) is 24.1 Å². The Morgan fingerprint density at radius 3 is 2.93 bits per heavy atom. The fraction of sp³-hybridized carbons (Fsp3) is 0.273. The van der Waals surface area contributed by atoms with Crippen molar-refractivity contribution in [3.8, 4) is 0 Å². The Balaban J connectivity index is 2.23. The van der Waals surface area contributed by atoms with Gasteiger partial charge in [-0.25, -0.2) is 0 Å². The number of ketones is 1. The van der Waals surface area contributed by atoms with Crippen LogP contribution in [0, 0.1) is 0 Å². The van der Waals surface area contributed by atoms with E-state index in [-0.39, 0.29) is 5.78 Å². The molecule has 0 fully saturated rings. The van der Waals surface area contributed by atoms with Crippen molar-refractivity contribution >= 4 is 23.5 Å². The monoisotopic (exact) mass is 222 g/mol. The van der Waals surface area contributed by atoms with Crippen molar-refractivity contribution in [3.05, 3.63) is 29.3 Å². The highest BCUT2D eigenvalue weighted by Crippen LogP contribution is 2.31. The van der Waals surface area contributed by atoms with Gasteiger partial charge in [0.15, 0.2) is 5.78 Å². The van der Waals surface area contributed by atoms with Crippen molar-refractivity contribution in [2.45, 2.75) is 17.7 Å². The molecule has 4 heteroatoms. The maximum atomic E-state index is 11.5. The molecule has 0 atom stereocenters. The second-order valence-corrected chi connectivity index (χ2v) is 4.55. The van der Waals surface area contributed by atoms with Crippen LogP contribution in [-0.4, -0.2) is 22.6 Å². The quantitative estimate of drug-likeness (QED) is 0.627. The second kappa shape index (κ2) is 4.06. The predicted octanol–water partition coefficient (Wildman–Crippen LogP) is 1.99. The first-order chi connectivity index (χ1) is 7.16. The average Bonchev–Trinajstić information content (AvgIpc) is 2.62. The molecule has 1 heterocycles. The Morgan fingerprint density at radius 1 is 1.40 bits per heavy atom. The lowest BCUT2D eigenvalue weighted by molar-refractivity contribution is -0.135. The van der Waals surface area contributed by atoms with Crippen molar-refractivity contribution in [1.29, 1.82) is 0 Å². The average molecular weight is 222 g/mol. The highest BCUT2D eigenvalue weighted by Gasteiger charge is 2.15. The first-order valence-corrected chi connectivity index (χ1v) is 5.66. The first kappa shape index (κ1) is 10.2. The number of hydrogen-bond donors (Lipinski definition) is 1. The largest absolute Gasteiger partial charge is 0.481 e. The van der Waals surface area contributed by atoms with Crippen molar-refractivity contribution < 1.29 is 14.7 Å². The molecule has 0 bridgehead atoms. The second-order valence-electron chi connectivity index (χ2n) is 3.41. The number of carbonyl (C=O) groups is 2. The molecule has 0 amide bonds. The molecular weight excluding hydrogens is 212 g/mol. The molecule has 1 aliphatic heterocycles. The molecule has 0 radical (unpaired) electrons. The Bertz CT molecular complexity index is 426. The van der Waals surface area contributed by atoms with Gasteiger partial charge in [-0.1, -0.05) is 6.07 Å². The molecule has 1 aromatic carbocycles. The van der Waals surface area contributed by atoms with Gasteiger partial charge < -0.3 is 5.11 Å². The Kier molecular flexibility index (Phi) is 2.77. The highest BCUT2D eigenvalue weighted by molar-refractivity contribution is 7.99. The van der Waals surface area contributed by atoms with E-state index in [1.807, 2.05) is 12.1 Å². The summed E-state index contributed by atoms with van der Waals surface area (Å²) in [5.41, 5.74) is 1.68. The lowest BCUT2D eigenvalue weighted by Crippen LogP contribution is -2.07. The smallest absolute Gasteiger partial charge is 0.311 e. The van der Waals surface area contributed by atoms with Gasteiger partial charge in [0.05, 0.1) is 0 Å². The molecule has 0 unspecified atom stereocenters. The van der Waals surface area contributed by atoms with Gasteiger partial charge in [0.2, 0.25) is 0 Å². The van der Waals surface area contributed by atoms with Gasteiger partial charge >= 0.3 is 5.97 Å². The van der Waals surface area contributed by atoms with Crippen LogP contribution < -0.4 is 0 Å². The molecular formula is C11H10O3S. The van der Waals surface area contributed by atoms with Crippen LogP contribution in [0.4, 0.5) is 0 Å². The van der Waals surface area contributed by atoms with Crippen molar-refractivity contribution in [1.82, 2.24) is 0 Å². The van der Waals surface area contributed by atoms with E-state index in [0.717, 1.165) is 17.7 Å². The van der Waals surface area contributed by atoms with E-state index < -0.39 is 12.4 Å². The molecule has 0 spiro atoms. The SMILES string of the molecule is O=C(O)CC(=O)c1ccc2c(c1)CCS2. The topological polar surface area (TPSA) is 54.4 Å². The predicted molar refractivity (Wildman–Crippen MR) is 57.5 cm³/mol. The van der Waals surface area contributed by atoms with Crippen molar-refractivity contribution in [3.63, 3.8) is 0 Å². The minimum Gasteiger partial charge on any atom is -0.481 e. The summed E-state index contributed by atoms with van der Waals surface area (Å²) in [4.78, 5) is 23.1. The third-order valence-electron chi connectivity index (χ3n) is 2.32. The van der Waals surface area contributed by atoms with Crippen LogP contribution in [0.2, 0.25) is 0 Å². The van der Waals surface area contributed by atoms with Crippen LogP contribution in [0.1, 0.15) is 22.3 Å². The summed E-state index contributed by atoms with van der Waals surface area (Å²) in [6.07, 6.45) is 0.542. The zero-order valence-electron chi connectivity index (χ0n) is 8.03. The number of carbonyl (C=O) groups excluding carboxylic acids is 1. The normalized spacial score (nSPS) is 13.6.